The molecule has 1 fully saturated rings. The van der Waals surface area contributed by atoms with Gasteiger partial charge in [-0.15, -0.1) is 0 Å². The molecule has 3 nitrogen and oxygen atoms in total. The van der Waals surface area contributed by atoms with Crippen LogP contribution in [0.15, 0.2) is 0 Å². The van der Waals surface area contributed by atoms with E-state index >= 15 is 0 Å². The van der Waals surface area contributed by atoms with Crippen molar-refractivity contribution in [2.75, 3.05) is 13.1 Å². The molecular formula is C12H24N2O. The van der Waals surface area contributed by atoms with Crippen molar-refractivity contribution in [2.45, 2.75) is 52.0 Å². The molecule has 0 aromatic heterocycles. The number of carbonyl (C=O) groups is 1. The van der Waals surface area contributed by atoms with E-state index in [2.05, 4.69) is 13.8 Å². The fourth-order valence-corrected chi connectivity index (χ4v) is 2.01. The largest absolute Gasteiger partial charge is 0.341 e. The monoisotopic (exact) mass is 212 g/mol. The third-order valence-electron chi connectivity index (χ3n) is 3.28. The Bertz CT molecular complexity index is 198. The molecule has 0 spiro atoms. The Morgan fingerprint density at radius 3 is 2.60 bits per heavy atom. The molecule has 1 saturated heterocycles. The van der Waals surface area contributed by atoms with Crippen LogP contribution in [0.3, 0.4) is 0 Å². The molecule has 1 atom stereocenters. The second-order valence-corrected chi connectivity index (χ2v) is 4.76. The van der Waals surface area contributed by atoms with Gasteiger partial charge >= 0.3 is 0 Å². The lowest BCUT2D eigenvalue weighted by atomic mass is 9.98. The number of nitrogens with zero attached hydrogens (tertiary/aromatic N) is 1. The average Bonchev–Trinajstić information content (AvgIpc) is 2.26. The van der Waals surface area contributed by atoms with Crippen LogP contribution in [-0.4, -0.2) is 29.9 Å². The van der Waals surface area contributed by atoms with Crippen LogP contribution in [0.4, 0.5) is 0 Å². The average molecular weight is 212 g/mol. The predicted octanol–water partition coefficient (Wildman–Crippen LogP) is 1.76. The van der Waals surface area contributed by atoms with Gasteiger partial charge in [-0.2, -0.15) is 0 Å². The predicted molar refractivity (Wildman–Crippen MR) is 62.5 cm³/mol. The fourth-order valence-electron chi connectivity index (χ4n) is 2.01. The van der Waals surface area contributed by atoms with E-state index in [1.165, 1.54) is 0 Å². The third-order valence-corrected chi connectivity index (χ3v) is 3.28. The summed E-state index contributed by atoms with van der Waals surface area (Å²) in [5.41, 5.74) is 5.88. The van der Waals surface area contributed by atoms with Crippen LogP contribution >= 0.6 is 0 Å². The molecule has 0 aromatic rings. The molecule has 15 heavy (non-hydrogen) atoms. The highest BCUT2D eigenvalue weighted by Crippen LogP contribution is 2.17. The van der Waals surface area contributed by atoms with Crippen LogP contribution in [0, 0.1) is 5.92 Å². The Kier molecular flexibility index (Phi) is 5.09. The number of likely N-dealkylation sites (tertiary alicyclic amines) is 1. The number of amides is 1. The topological polar surface area (TPSA) is 46.3 Å². The summed E-state index contributed by atoms with van der Waals surface area (Å²) in [5, 5.41) is 0. The summed E-state index contributed by atoms with van der Waals surface area (Å²) in [6.45, 7) is 6.18. The van der Waals surface area contributed by atoms with E-state index in [1.807, 2.05) is 4.90 Å². The Hall–Kier alpha value is -0.570. The first-order valence-corrected chi connectivity index (χ1v) is 6.19. The van der Waals surface area contributed by atoms with Crippen molar-refractivity contribution in [3.8, 4) is 0 Å². The van der Waals surface area contributed by atoms with E-state index in [0.29, 0.717) is 0 Å². The van der Waals surface area contributed by atoms with Gasteiger partial charge in [0.15, 0.2) is 0 Å². The summed E-state index contributed by atoms with van der Waals surface area (Å²) in [7, 11) is 0. The van der Waals surface area contributed by atoms with Crippen molar-refractivity contribution in [3.05, 3.63) is 0 Å². The molecule has 1 aliphatic heterocycles. The molecular weight excluding hydrogens is 188 g/mol. The third kappa shape index (κ3) is 3.82. The van der Waals surface area contributed by atoms with E-state index in [4.69, 9.17) is 5.73 Å². The van der Waals surface area contributed by atoms with Gasteiger partial charge in [-0.3, -0.25) is 4.79 Å². The number of carbonyl (C=O) groups excluding carboxylic acids is 1. The second kappa shape index (κ2) is 6.11. The lowest BCUT2D eigenvalue weighted by Crippen LogP contribution is -2.46. The van der Waals surface area contributed by atoms with Gasteiger partial charge in [-0.25, -0.2) is 0 Å². The Morgan fingerprint density at radius 1 is 1.47 bits per heavy atom. The van der Waals surface area contributed by atoms with Gasteiger partial charge in [0.2, 0.25) is 5.91 Å². The Balaban J connectivity index is 2.32. The van der Waals surface area contributed by atoms with Crippen molar-refractivity contribution in [3.63, 3.8) is 0 Å². The van der Waals surface area contributed by atoms with Crippen LogP contribution in [0.1, 0.15) is 46.0 Å². The molecule has 1 aliphatic rings. The van der Waals surface area contributed by atoms with Crippen LogP contribution in [0.2, 0.25) is 0 Å². The highest BCUT2D eigenvalue weighted by Gasteiger charge is 2.24. The maximum absolute atomic E-state index is 11.9. The SMILES string of the molecule is CCCC[C@H](N)C(=O)N1CCC(C)CC1. The maximum Gasteiger partial charge on any atom is 0.239 e. The summed E-state index contributed by atoms with van der Waals surface area (Å²) >= 11 is 0. The molecule has 3 heteroatoms. The zero-order valence-electron chi connectivity index (χ0n) is 10.0. The fraction of sp³-hybridized carbons (Fsp3) is 0.917. The van der Waals surface area contributed by atoms with Gasteiger partial charge < -0.3 is 10.6 Å². The number of unbranched alkanes of at least 4 members (excludes halogenated alkanes) is 1. The minimum atomic E-state index is -0.265. The molecule has 2 N–H and O–H groups in total. The Labute approximate surface area is 93.0 Å². The van der Waals surface area contributed by atoms with Crippen molar-refractivity contribution >= 4 is 5.91 Å². The van der Waals surface area contributed by atoms with Gasteiger partial charge in [0.1, 0.15) is 0 Å². The molecule has 0 unspecified atom stereocenters. The van der Waals surface area contributed by atoms with Gasteiger partial charge in [0, 0.05) is 13.1 Å². The van der Waals surface area contributed by atoms with Crippen molar-refractivity contribution < 1.29 is 4.79 Å². The second-order valence-electron chi connectivity index (χ2n) is 4.76. The minimum Gasteiger partial charge on any atom is -0.341 e. The summed E-state index contributed by atoms with van der Waals surface area (Å²) in [6, 6.07) is -0.265. The zero-order chi connectivity index (χ0) is 11.3. The van der Waals surface area contributed by atoms with E-state index in [9.17, 15) is 4.79 Å². The van der Waals surface area contributed by atoms with Crippen molar-refractivity contribution in [2.24, 2.45) is 11.7 Å². The molecule has 0 saturated carbocycles. The summed E-state index contributed by atoms with van der Waals surface area (Å²) < 4.78 is 0. The number of hydrogen-bond acceptors (Lipinski definition) is 2. The molecule has 0 bridgehead atoms. The quantitative estimate of drug-likeness (QED) is 0.772. The lowest BCUT2D eigenvalue weighted by Gasteiger charge is -2.32. The Morgan fingerprint density at radius 2 is 2.07 bits per heavy atom. The van der Waals surface area contributed by atoms with Crippen LogP contribution in [0.25, 0.3) is 0 Å². The van der Waals surface area contributed by atoms with Crippen LogP contribution < -0.4 is 5.73 Å². The highest BCUT2D eigenvalue weighted by atomic mass is 16.2. The smallest absolute Gasteiger partial charge is 0.239 e. The standard InChI is InChI=1S/C12H24N2O/c1-3-4-5-11(13)12(15)14-8-6-10(2)7-9-14/h10-11H,3-9,13H2,1-2H3/t11-/m0/s1. The first kappa shape index (κ1) is 12.5. The van der Waals surface area contributed by atoms with Gasteiger partial charge in [0.05, 0.1) is 6.04 Å². The summed E-state index contributed by atoms with van der Waals surface area (Å²) in [6.07, 6.45) is 5.26. The van der Waals surface area contributed by atoms with E-state index in [-0.39, 0.29) is 11.9 Å². The van der Waals surface area contributed by atoms with Gasteiger partial charge in [-0.1, -0.05) is 26.7 Å². The molecule has 0 aliphatic carbocycles. The highest BCUT2D eigenvalue weighted by molar-refractivity contribution is 5.81. The van der Waals surface area contributed by atoms with Gasteiger partial charge in [0.25, 0.3) is 0 Å². The maximum atomic E-state index is 11.9. The van der Waals surface area contributed by atoms with E-state index in [0.717, 1.165) is 51.1 Å². The van der Waals surface area contributed by atoms with Gasteiger partial charge in [-0.05, 0) is 25.2 Å². The molecule has 88 valence electrons. The molecule has 0 aromatic carbocycles. The zero-order valence-corrected chi connectivity index (χ0v) is 10.0. The first-order chi connectivity index (χ1) is 7.15. The summed E-state index contributed by atoms with van der Waals surface area (Å²) in [4.78, 5) is 13.9. The minimum absolute atomic E-state index is 0.162. The van der Waals surface area contributed by atoms with Crippen molar-refractivity contribution in [1.82, 2.24) is 4.90 Å². The van der Waals surface area contributed by atoms with E-state index in [1.54, 1.807) is 0 Å². The number of nitrogens with two attached hydrogens (primary N) is 1. The van der Waals surface area contributed by atoms with Crippen LogP contribution in [-0.2, 0) is 4.79 Å². The number of rotatable bonds is 4. The van der Waals surface area contributed by atoms with Crippen LogP contribution in [0.5, 0.6) is 0 Å². The van der Waals surface area contributed by atoms with Crippen molar-refractivity contribution in [1.29, 1.82) is 0 Å². The molecule has 0 radical (unpaired) electrons. The molecule has 1 amide bonds. The number of piperidine rings is 1. The molecule has 1 heterocycles. The first-order valence-electron chi connectivity index (χ1n) is 6.19. The summed E-state index contributed by atoms with van der Waals surface area (Å²) in [5.74, 6) is 0.927. The number of hydrogen-bond donors (Lipinski definition) is 1. The van der Waals surface area contributed by atoms with E-state index < -0.39 is 0 Å². The normalized spacial score (nSPS) is 20.3. The molecule has 1 rings (SSSR count). The lowest BCUT2D eigenvalue weighted by molar-refractivity contribution is -0.134.